The lowest BCUT2D eigenvalue weighted by molar-refractivity contribution is -0.123. The number of hydrogen-bond donors (Lipinski definition) is 2. The van der Waals surface area contributed by atoms with Crippen molar-refractivity contribution in [3.05, 3.63) is 29.8 Å². The molecular weight excluding hydrogens is 260 g/mol. The third-order valence-corrected chi connectivity index (χ3v) is 6.45. The van der Waals surface area contributed by atoms with E-state index in [9.17, 15) is 4.79 Å². The molecule has 5 rings (SSSR count). The summed E-state index contributed by atoms with van der Waals surface area (Å²) >= 11 is 0. The number of anilines is 1. The van der Waals surface area contributed by atoms with Crippen molar-refractivity contribution in [2.45, 2.75) is 37.6 Å². The molecule has 1 aliphatic heterocycles. The maximum atomic E-state index is 12.7. The fourth-order valence-corrected chi connectivity index (χ4v) is 5.52. The van der Waals surface area contributed by atoms with Gasteiger partial charge in [-0.3, -0.25) is 4.79 Å². The topological polar surface area (TPSA) is 41.1 Å². The Labute approximate surface area is 125 Å². The monoisotopic (exact) mass is 282 g/mol. The predicted octanol–water partition coefficient (Wildman–Crippen LogP) is 2.75. The average molecular weight is 282 g/mol. The molecule has 3 fully saturated rings. The summed E-state index contributed by atoms with van der Waals surface area (Å²) in [6.45, 7) is 0.901. The van der Waals surface area contributed by atoms with Gasteiger partial charge in [0.15, 0.2) is 0 Å². The highest BCUT2D eigenvalue weighted by Gasteiger charge is 2.65. The van der Waals surface area contributed by atoms with Crippen LogP contribution in [0.4, 0.5) is 5.69 Å². The summed E-state index contributed by atoms with van der Waals surface area (Å²) in [6.07, 6.45) is 5.18. The molecule has 0 spiro atoms. The number of hydrogen-bond acceptors (Lipinski definition) is 2. The van der Waals surface area contributed by atoms with Crippen LogP contribution in [-0.2, 0) is 4.79 Å². The van der Waals surface area contributed by atoms with E-state index in [4.69, 9.17) is 0 Å². The molecule has 1 amide bonds. The van der Waals surface area contributed by atoms with Crippen molar-refractivity contribution < 1.29 is 4.79 Å². The number of fused-ring (bicyclic) bond motifs is 6. The molecule has 3 nitrogen and oxygen atoms in total. The third kappa shape index (κ3) is 1.69. The highest BCUT2D eigenvalue weighted by atomic mass is 16.2. The van der Waals surface area contributed by atoms with Gasteiger partial charge in [-0.25, -0.2) is 0 Å². The van der Waals surface area contributed by atoms with E-state index < -0.39 is 0 Å². The van der Waals surface area contributed by atoms with Gasteiger partial charge in [-0.05, 0) is 61.0 Å². The van der Waals surface area contributed by atoms with Gasteiger partial charge in [-0.2, -0.15) is 0 Å². The van der Waals surface area contributed by atoms with E-state index in [1.165, 1.54) is 24.8 Å². The third-order valence-electron chi connectivity index (χ3n) is 6.45. The first kappa shape index (κ1) is 12.1. The molecular formula is C18H22N2O. The summed E-state index contributed by atoms with van der Waals surface area (Å²) in [5.41, 5.74) is 2.31. The lowest BCUT2D eigenvalue weighted by Crippen LogP contribution is -2.36. The van der Waals surface area contributed by atoms with Crippen LogP contribution >= 0.6 is 0 Å². The molecule has 1 aromatic rings. The summed E-state index contributed by atoms with van der Waals surface area (Å²) < 4.78 is 0. The molecule has 5 atom stereocenters. The minimum Gasteiger partial charge on any atom is -0.385 e. The van der Waals surface area contributed by atoms with Crippen LogP contribution in [0.5, 0.6) is 0 Å². The number of amides is 1. The summed E-state index contributed by atoms with van der Waals surface area (Å²) in [5.74, 6) is 3.80. The van der Waals surface area contributed by atoms with Crippen molar-refractivity contribution in [1.82, 2.24) is 5.32 Å². The SMILES string of the molecule is O=C(NC1C2C3CCC(C3)C12)C1CCNc2ccccc21. The van der Waals surface area contributed by atoms with E-state index in [0.29, 0.717) is 6.04 Å². The summed E-state index contributed by atoms with van der Waals surface area (Å²) in [4.78, 5) is 12.7. The quantitative estimate of drug-likeness (QED) is 0.875. The van der Waals surface area contributed by atoms with Crippen LogP contribution in [0.1, 0.15) is 37.2 Å². The Morgan fingerprint density at radius 1 is 1.10 bits per heavy atom. The first-order chi connectivity index (χ1) is 10.3. The molecule has 4 aliphatic rings. The molecule has 0 radical (unpaired) electrons. The van der Waals surface area contributed by atoms with E-state index in [2.05, 4.69) is 22.8 Å². The van der Waals surface area contributed by atoms with Crippen LogP contribution in [0.3, 0.4) is 0 Å². The fraction of sp³-hybridized carbons (Fsp3) is 0.611. The number of carbonyl (C=O) groups excluding carboxylic acids is 1. The summed E-state index contributed by atoms with van der Waals surface area (Å²) in [7, 11) is 0. The van der Waals surface area contributed by atoms with Crippen LogP contribution in [0, 0.1) is 23.7 Å². The van der Waals surface area contributed by atoms with E-state index in [1.807, 2.05) is 12.1 Å². The first-order valence-corrected chi connectivity index (χ1v) is 8.46. The maximum Gasteiger partial charge on any atom is 0.227 e. The molecule has 21 heavy (non-hydrogen) atoms. The number of para-hydroxylation sites is 1. The number of carbonyl (C=O) groups is 1. The standard InChI is InChI=1S/C18H22N2O/c21-18(13-7-8-19-14-4-2-1-3-12(13)14)20-17-15-10-5-6-11(9-10)16(15)17/h1-4,10-11,13,15-17,19H,5-9H2,(H,20,21). The molecule has 5 unspecified atom stereocenters. The van der Waals surface area contributed by atoms with Crippen LogP contribution in [0.15, 0.2) is 24.3 Å². The Kier molecular flexibility index (Phi) is 2.44. The molecule has 0 saturated heterocycles. The van der Waals surface area contributed by atoms with E-state index >= 15 is 0 Å². The van der Waals surface area contributed by atoms with Gasteiger partial charge in [0.25, 0.3) is 0 Å². The Hall–Kier alpha value is -1.51. The average Bonchev–Trinajstić information content (AvgIpc) is 2.91. The molecule has 1 heterocycles. The Morgan fingerprint density at radius 2 is 1.86 bits per heavy atom. The lowest BCUT2D eigenvalue weighted by atomic mass is 9.90. The van der Waals surface area contributed by atoms with Crippen LogP contribution in [0.2, 0.25) is 0 Å². The van der Waals surface area contributed by atoms with E-state index in [1.54, 1.807) is 0 Å². The summed E-state index contributed by atoms with van der Waals surface area (Å²) in [5, 5.41) is 6.80. The van der Waals surface area contributed by atoms with Gasteiger partial charge in [-0.1, -0.05) is 18.2 Å². The van der Waals surface area contributed by atoms with Crippen molar-refractivity contribution in [3.63, 3.8) is 0 Å². The Bertz CT molecular complexity index is 583. The molecule has 2 N–H and O–H groups in total. The molecule has 1 aromatic carbocycles. The Balaban J connectivity index is 1.32. The largest absolute Gasteiger partial charge is 0.385 e. The van der Waals surface area contributed by atoms with Crippen molar-refractivity contribution in [2.75, 3.05) is 11.9 Å². The van der Waals surface area contributed by atoms with Gasteiger partial charge in [0.1, 0.15) is 0 Å². The maximum absolute atomic E-state index is 12.7. The zero-order valence-electron chi connectivity index (χ0n) is 12.2. The van der Waals surface area contributed by atoms with Gasteiger partial charge in [0.05, 0.1) is 5.92 Å². The molecule has 3 aliphatic carbocycles. The van der Waals surface area contributed by atoms with Crippen LogP contribution in [0.25, 0.3) is 0 Å². The van der Waals surface area contributed by atoms with Gasteiger partial charge in [-0.15, -0.1) is 0 Å². The van der Waals surface area contributed by atoms with Crippen LogP contribution in [-0.4, -0.2) is 18.5 Å². The van der Waals surface area contributed by atoms with Crippen LogP contribution < -0.4 is 10.6 Å². The Morgan fingerprint density at radius 3 is 2.67 bits per heavy atom. The number of nitrogens with one attached hydrogen (secondary N) is 2. The minimum atomic E-state index is 0.0430. The second-order valence-electron chi connectivity index (χ2n) is 7.38. The van der Waals surface area contributed by atoms with Crippen molar-refractivity contribution >= 4 is 11.6 Å². The number of rotatable bonds is 2. The lowest BCUT2D eigenvalue weighted by Gasteiger charge is -2.26. The normalized spacial score (nSPS) is 41.9. The van der Waals surface area contributed by atoms with Gasteiger partial charge in [0, 0.05) is 18.3 Å². The molecule has 3 saturated carbocycles. The smallest absolute Gasteiger partial charge is 0.227 e. The van der Waals surface area contributed by atoms with Crippen molar-refractivity contribution in [1.29, 1.82) is 0 Å². The minimum absolute atomic E-state index is 0.0430. The molecule has 3 heteroatoms. The zero-order valence-corrected chi connectivity index (χ0v) is 12.2. The highest BCUT2D eigenvalue weighted by molar-refractivity contribution is 5.87. The van der Waals surface area contributed by atoms with Gasteiger partial charge < -0.3 is 10.6 Å². The summed E-state index contributed by atoms with van der Waals surface area (Å²) in [6, 6.07) is 8.77. The van der Waals surface area contributed by atoms with Gasteiger partial charge >= 0.3 is 0 Å². The van der Waals surface area contributed by atoms with Gasteiger partial charge in [0.2, 0.25) is 5.91 Å². The second kappa shape index (κ2) is 4.25. The van der Waals surface area contributed by atoms with E-state index in [0.717, 1.165) is 42.3 Å². The van der Waals surface area contributed by atoms with Crippen molar-refractivity contribution in [3.8, 4) is 0 Å². The molecule has 2 bridgehead atoms. The van der Waals surface area contributed by atoms with E-state index in [-0.39, 0.29) is 11.8 Å². The fourth-order valence-electron chi connectivity index (χ4n) is 5.52. The molecule has 110 valence electrons. The predicted molar refractivity (Wildman–Crippen MR) is 82.0 cm³/mol. The second-order valence-corrected chi connectivity index (χ2v) is 7.38. The highest BCUT2D eigenvalue weighted by Crippen LogP contribution is 2.65. The first-order valence-electron chi connectivity index (χ1n) is 8.46. The van der Waals surface area contributed by atoms with Crippen molar-refractivity contribution in [2.24, 2.45) is 23.7 Å². The number of benzene rings is 1. The zero-order chi connectivity index (χ0) is 14.0. The molecule has 0 aromatic heterocycles.